The quantitative estimate of drug-likeness (QED) is 0.831. The minimum atomic E-state index is -0.758. The second-order valence-electron chi connectivity index (χ2n) is 8.31. The fourth-order valence-electron chi connectivity index (χ4n) is 4.86. The van der Waals surface area contributed by atoms with E-state index in [9.17, 15) is 14.7 Å². The van der Waals surface area contributed by atoms with E-state index in [4.69, 9.17) is 0 Å². The van der Waals surface area contributed by atoms with Crippen LogP contribution >= 0.6 is 0 Å². The number of piperidine rings is 1. The molecule has 2 saturated heterocycles. The molecular formula is C22H32N2O3. The van der Waals surface area contributed by atoms with E-state index < -0.39 is 12.0 Å². The van der Waals surface area contributed by atoms with Gasteiger partial charge >= 0.3 is 5.97 Å². The minimum absolute atomic E-state index is 0.295. The number of aliphatic carboxylic acids is 1. The van der Waals surface area contributed by atoms with Crippen LogP contribution in [0.3, 0.4) is 0 Å². The maximum absolute atomic E-state index is 12.1. The summed E-state index contributed by atoms with van der Waals surface area (Å²) in [6.45, 7) is 9.48. The van der Waals surface area contributed by atoms with Crippen molar-refractivity contribution in [2.45, 2.75) is 58.9 Å². The van der Waals surface area contributed by atoms with Crippen LogP contribution in [0.25, 0.3) is 0 Å². The Labute approximate surface area is 162 Å². The number of carbonyl (C=O) groups excluding carboxylic acids is 1. The third kappa shape index (κ3) is 4.52. The molecule has 3 rings (SSSR count). The second-order valence-corrected chi connectivity index (χ2v) is 8.31. The standard InChI is InChI=1S/C22H32N2O3/c1-15-13-16(2)20(17(3)14-15)21(22(26)27)24-11-7-18(8-12-24)6-10-23-9-4-5-19(23)25/h13-14,18,21H,4-12H2,1-3H3,(H,26,27)/t21-/m1/s1. The summed E-state index contributed by atoms with van der Waals surface area (Å²) in [6, 6.07) is 3.60. The summed E-state index contributed by atoms with van der Waals surface area (Å²) in [5.74, 6) is 0.124. The number of aryl methyl sites for hydroxylation is 3. The molecule has 1 aromatic rings. The van der Waals surface area contributed by atoms with Gasteiger partial charge in [0.05, 0.1) is 0 Å². The molecule has 0 saturated carbocycles. The molecule has 0 unspecified atom stereocenters. The molecule has 1 atom stereocenters. The van der Waals surface area contributed by atoms with Gasteiger partial charge in [-0.05, 0) is 82.2 Å². The SMILES string of the molecule is Cc1cc(C)c([C@H](C(=O)O)N2CCC(CCN3CCCC3=O)CC2)c(C)c1. The van der Waals surface area contributed by atoms with Gasteiger partial charge in [0, 0.05) is 19.5 Å². The van der Waals surface area contributed by atoms with Crippen LogP contribution in [0.2, 0.25) is 0 Å². The van der Waals surface area contributed by atoms with Crippen molar-refractivity contribution in [2.24, 2.45) is 5.92 Å². The summed E-state index contributed by atoms with van der Waals surface area (Å²) < 4.78 is 0. The molecule has 1 amide bonds. The lowest BCUT2D eigenvalue weighted by atomic mass is 9.89. The van der Waals surface area contributed by atoms with Crippen molar-refractivity contribution in [3.63, 3.8) is 0 Å². The maximum Gasteiger partial charge on any atom is 0.325 e. The first-order chi connectivity index (χ1) is 12.9. The van der Waals surface area contributed by atoms with Gasteiger partial charge in [0.1, 0.15) is 6.04 Å². The molecule has 27 heavy (non-hydrogen) atoms. The second kappa shape index (κ2) is 8.42. The molecule has 1 N–H and O–H groups in total. The highest BCUT2D eigenvalue weighted by Gasteiger charge is 2.33. The number of carboxylic acid groups (broad SMARTS) is 1. The normalized spacial score (nSPS) is 20.3. The van der Waals surface area contributed by atoms with E-state index in [1.165, 1.54) is 5.56 Å². The molecule has 2 heterocycles. The van der Waals surface area contributed by atoms with E-state index in [-0.39, 0.29) is 0 Å². The van der Waals surface area contributed by atoms with Gasteiger partial charge in [0.25, 0.3) is 0 Å². The number of rotatable bonds is 6. The van der Waals surface area contributed by atoms with Crippen molar-refractivity contribution in [1.29, 1.82) is 0 Å². The third-order valence-electron chi connectivity index (χ3n) is 6.24. The number of carbonyl (C=O) groups is 2. The average Bonchev–Trinajstić information content (AvgIpc) is 3.01. The molecule has 148 valence electrons. The molecule has 0 radical (unpaired) electrons. The van der Waals surface area contributed by atoms with Gasteiger partial charge in [-0.1, -0.05) is 17.7 Å². The predicted octanol–water partition coefficient (Wildman–Crippen LogP) is 3.46. The number of carboxylic acids is 1. The van der Waals surface area contributed by atoms with Gasteiger partial charge in [0.2, 0.25) is 5.91 Å². The highest BCUT2D eigenvalue weighted by molar-refractivity contribution is 5.78. The lowest BCUT2D eigenvalue weighted by Gasteiger charge is -2.37. The van der Waals surface area contributed by atoms with Crippen molar-refractivity contribution in [3.8, 4) is 0 Å². The Morgan fingerprint density at radius 3 is 2.30 bits per heavy atom. The van der Waals surface area contributed by atoms with Crippen molar-refractivity contribution in [3.05, 3.63) is 34.4 Å². The van der Waals surface area contributed by atoms with Crippen molar-refractivity contribution >= 4 is 11.9 Å². The zero-order valence-electron chi connectivity index (χ0n) is 16.8. The van der Waals surface area contributed by atoms with Gasteiger partial charge < -0.3 is 10.0 Å². The Kier molecular flexibility index (Phi) is 6.20. The summed E-state index contributed by atoms with van der Waals surface area (Å²) in [7, 11) is 0. The zero-order chi connectivity index (χ0) is 19.6. The fraction of sp³-hybridized carbons (Fsp3) is 0.636. The summed E-state index contributed by atoms with van der Waals surface area (Å²) in [5.41, 5.74) is 4.26. The molecule has 0 bridgehead atoms. The highest BCUT2D eigenvalue weighted by atomic mass is 16.4. The van der Waals surface area contributed by atoms with Crippen LogP contribution in [0.15, 0.2) is 12.1 Å². The first kappa shape index (κ1) is 19.9. The van der Waals surface area contributed by atoms with E-state index in [2.05, 4.69) is 24.0 Å². The fourth-order valence-corrected chi connectivity index (χ4v) is 4.86. The third-order valence-corrected chi connectivity index (χ3v) is 6.24. The van der Waals surface area contributed by atoms with Crippen molar-refractivity contribution < 1.29 is 14.7 Å². The number of amides is 1. The van der Waals surface area contributed by atoms with Gasteiger partial charge in [-0.15, -0.1) is 0 Å². The number of benzene rings is 1. The van der Waals surface area contributed by atoms with E-state index in [1.807, 2.05) is 18.7 Å². The highest BCUT2D eigenvalue weighted by Crippen LogP contribution is 2.32. The number of hydrogen-bond donors (Lipinski definition) is 1. The van der Waals surface area contributed by atoms with E-state index in [1.54, 1.807) is 0 Å². The van der Waals surface area contributed by atoms with Gasteiger partial charge in [-0.3, -0.25) is 14.5 Å². The molecule has 2 aliphatic heterocycles. The number of nitrogens with zero attached hydrogens (tertiary/aromatic N) is 2. The smallest absolute Gasteiger partial charge is 0.325 e. The van der Waals surface area contributed by atoms with Crippen LogP contribution < -0.4 is 0 Å². The van der Waals surface area contributed by atoms with E-state index in [0.717, 1.165) is 68.6 Å². The van der Waals surface area contributed by atoms with Crippen LogP contribution in [-0.4, -0.2) is 53.0 Å². The zero-order valence-corrected chi connectivity index (χ0v) is 16.8. The molecule has 0 spiro atoms. The van der Waals surface area contributed by atoms with Crippen LogP contribution in [0.5, 0.6) is 0 Å². The van der Waals surface area contributed by atoms with Crippen molar-refractivity contribution in [2.75, 3.05) is 26.2 Å². The van der Waals surface area contributed by atoms with Crippen molar-refractivity contribution in [1.82, 2.24) is 9.80 Å². The summed E-state index contributed by atoms with van der Waals surface area (Å²) in [4.78, 5) is 28.0. The van der Waals surface area contributed by atoms with Crippen LogP contribution in [0, 0.1) is 26.7 Å². The molecule has 1 aromatic carbocycles. The van der Waals surface area contributed by atoms with E-state index >= 15 is 0 Å². The first-order valence-corrected chi connectivity index (χ1v) is 10.2. The Balaban J connectivity index is 1.62. The summed E-state index contributed by atoms with van der Waals surface area (Å²) >= 11 is 0. The lowest BCUT2D eigenvalue weighted by molar-refractivity contribution is -0.144. The predicted molar refractivity (Wildman–Crippen MR) is 106 cm³/mol. The minimum Gasteiger partial charge on any atom is -0.480 e. The monoisotopic (exact) mass is 372 g/mol. The number of hydrogen-bond acceptors (Lipinski definition) is 3. The largest absolute Gasteiger partial charge is 0.480 e. The molecular weight excluding hydrogens is 340 g/mol. The van der Waals surface area contributed by atoms with Crippen LogP contribution in [0.1, 0.15) is 60.4 Å². The Bertz CT molecular complexity index is 685. The lowest BCUT2D eigenvalue weighted by Crippen LogP contribution is -2.41. The Morgan fingerprint density at radius 2 is 1.78 bits per heavy atom. The molecule has 2 aliphatic rings. The summed E-state index contributed by atoms with van der Waals surface area (Å²) in [6.07, 6.45) is 4.76. The van der Waals surface area contributed by atoms with Gasteiger partial charge in [0.15, 0.2) is 0 Å². The molecule has 5 nitrogen and oxygen atoms in total. The van der Waals surface area contributed by atoms with Crippen LogP contribution in [0.4, 0.5) is 0 Å². The topological polar surface area (TPSA) is 60.9 Å². The maximum atomic E-state index is 12.1. The molecule has 5 heteroatoms. The first-order valence-electron chi connectivity index (χ1n) is 10.2. The van der Waals surface area contributed by atoms with Gasteiger partial charge in [-0.2, -0.15) is 0 Å². The molecule has 0 aromatic heterocycles. The molecule has 2 fully saturated rings. The Hall–Kier alpha value is -1.88. The Morgan fingerprint density at radius 1 is 1.15 bits per heavy atom. The number of likely N-dealkylation sites (tertiary alicyclic amines) is 2. The average molecular weight is 373 g/mol. The van der Waals surface area contributed by atoms with E-state index in [0.29, 0.717) is 18.2 Å². The summed E-state index contributed by atoms with van der Waals surface area (Å²) in [5, 5.41) is 9.95. The molecule has 0 aliphatic carbocycles. The van der Waals surface area contributed by atoms with Crippen LogP contribution in [-0.2, 0) is 9.59 Å². The van der Waals surface area contributed by atoms with Gasteiger partial charge in [-0.25, -0.2) is 0 Å².